The van der Waals surface area contributed by atoms with Gasteiger partial charge in [0.05, 0.1) is 20.3 Å². The summed E-state index contributed by atoms with van der Waals surface area (Å²) in [6.45, 7) is 3.58. The number of nitrogens with one attached hydrogen (secondary N) is 1. The highest BCUT2D eigenvalue weighted by Crippen LogP contribution is 2.34. The molecule has 0 aliphatic rings. The van der Waals surface area contributed by atoms with Crippen LogP contribution in [0.25, 0.3) is 0 Å². The van der Waals surface area contributed by atoms with Crippen LogP contribution in [0.5, 0.6) is 17.2 Å². The lowest BCUT2D eigenvalue weighted by Crippen LogP contribution is -2.17. The first kappa shape index (κ1) is 25.5. The number of ketones is 1. The summed E-state index contributed by atoms with van der Waals surface area (Å²) >= 11 is 5.74. The maximum atomic E-state index is 12.4. The van der Waals surface area contributed by atoms with Gasteiger partial charge in [-0.25, -0.2) is 4.79 Å². The molecule has 8 heteroatoms. The normalized spacial score (nSPS) is 10.0. The summed E-state index contributed by atoms with van der Waals surface area (Å²) in [6, 6.07) is 18.6. The maximum Gasteiger partial charge on any atom is 0.411 e. The molecule has 0 aromatic heterocycles. The zero-order chi connectivity index (χ0) is 24.4. The molecule has 174 valence electrons. The zero-order valence-corrected chi connectivity index (χ0v) is 19.6. The third kappa shape index (κ3) is 7.73. The van der Waals surface area contributed by atoms with Crippen molar-refractivity contribution in [3.63, 3.8) is 0 Å². The Balaban J connectivity index is 0.000000245. The first-order valence-electron chi connectivity index (χ1n) is 10.0. The van der Waals surface area contributed by atoms with E-state index in [1.807, 2.05) is 6.07 Å². The number of rotatable bonds is 6. The summed E-state index contributed by atoms with van der Waals surface area (Å²) in [7, 11) is 2.92. The molecule has 0 saturated heterocycles. The molecule has 0 spiro atoms. The molecule has 0 saturated carbocycles. The molecule has 33 heavy (non-hydrogen) atoms. The standard InChI is InChI=1S/C15H14O4.C10H12ClNO2/c1-18-11-8-12(16)14(13(9-11)19-2)15(17)10-6-4-3-5-7-10;1-7(2)14-10(13)12-9-5-3-4-8(11)6-9/h3-9,16H,1-2H3;3-7H,1-2H3,(H,12,13). The molecule has 0 unspecified atom stereocenters. The number of methoxy groups -OCH3 is 2. The monoisotopic (exact) mass is 471 g/mol. The molecule has 3 aromatic carbocycles. The summed E-state index contributed by atoms with van der Waals surface area (Å²) in [6.07, 6.45) is -0.601. The summed E-state index contributed by atoms with van der Waals surface area (Å²) < 4.78 is 15.1. The number of benzene rings is 3. The van der Waals surface area contributed by atoms with Crippen LogP contribution in [0.4, 0.5) is 10.5 Å². The Morgan fingerprint density at radius 3 is 2.21 bits per heavy atom. The van der Waals surface area contributed by atoms with Crippen LogP contribution in [0.15, 0.2) is 66.7 Å². The van der Waals surface area contributed by atoms with Crippen molar-refractivity contribution < 1.29 is 28.9 Å². The van der Waals surface area contributed by atoms with Gasteiger partial charge in [0.25, 0.3) is 0 Å². The van der Waals surface area contributed by atoms with E-state index in [1.54, 1.807) is 68.4 Å². The summed E-state index contributed by atoms with van der Waals surface area (Å²) in [4.78, 5) is 23.5. The average Bonchev–Trinajstić information content (AvgIpc) is 2.78. The largest absolute Gasteiger partial charge is 0.507 e. The number of phenols is 1. The van der Waals surface area contributed by atoms with Gasteiger partial charge < -0.3 is 19.3 Å². The molecule has 0 fully saturated rings. The number of hydrogen-bond donors (Lipinski definition) is 2. The van der Waals surface area contributed by atoms with Gasteiger partial charge in [-0.05, 0) is 32.0 Å². The Morgan fingerprint density at radius 1 is 0.939 bits per heavy atom. The zero-order valence-electron chi connectivity index (χ0n) is 18.8. The van der Waals surface area contributed by atoms with Crippen LogP contribution in [0.2, 0.25) is 5.02 Å². The SMILES string of the molecule is CC(C)OC(=O)Nc1cccc(Cl)c1.COc1cc(O)c(C(=O)c2ccccc2)c(OC)c1. The van der Waals surface area contributed by atoms with Gasteiger partial charge in [0, 0.05) is 28.4 Å². The third-order valence-electron chi connectivity index (χ3n) is 4.19. The van der Waals surface area contributed by atoms with Crippen LogP contribution in [-0.4, -0.2) is 37.3 Å². The molecular weight excluding hydrogens is 446 g/mol. The minimum absolute atomic E-state index is 0.130. The van der Waals surface area contributed by atoms with Crippen molar-refractivity contribution >= 4 is 29.2 Å². The fraction of sp³-hybridized carbons (Fsp3) is 0.200. The van der Waals surface area contributed by atoms with E-state index >= 15 is 0 Å². The molecule has 2 N–H and O–H groups in total. The van der Waals surface area contributed by atoms with Gasteiger partial charge in [-0.1, -0.05) is 48.0 Å². The lowest BCUT2D eigenvalue weighted by atomic mass is 10.0. The van der Waals surface area contributed by atoms with E-state index in [0.717, 1.165) is 0 Å². The van der Waals surface area contributed by atoms with Gasteiger partial charge in [0.2, 0.25) is 5.78 Å². The Morgan fingerprint density at radius 2 is 1.64 bits per heavy atom. The Bertz CT molecular complexity index is 1090. The number of phenolic OH excluding ortho intramolecular Hbond substituents is 1. The van der Waals surface area contributed by atoms with Crippen molar-refractivity contribution in [1.29, 1.82) is 0 Å². The number of hydrogen-bond acceptors (Lipinski definition) is 6. The van der Waals surface area contributed by atoms with Crippen LogP contribution >= 0.6 is 11.6 Å². The van der Waals surface area contributed by atoms with Gasteiger partial charge in [-0.3, -0.25) is 10.1 Å². The van der Waals surface area contributed by atoms with E-state index in [4.69, 9.17) is 25.8 Å². The summed E-state index contributed by atoms with van der Waals surface area (Å²) in [5.74, 6) is 0.257. The first-order valence-corrected chi connectivity index (χ1v) is 10.4. The van der Waals surface area contributed by atoms with Crippen LogP contribution < -0.4 is 14.8 Å². The van der Waals surface area contributed by atoms with E-state index in [0.29, 0.717) is 22.0 Å². The highest BCUT2D eigenvalue weighted by molar-refractivity contribution is 6.30. The van der Waals surface area contributed by atoms with Crippen molar-refractivity contribution in [2.24, 2.45) is 0 Å². The topological polar surface area (TPSA) is 94.1 Å². The number of aromatic hydroxyl groups is 1. The van der Waals surface area contributed by atoms with Crippen LogP contribution in [0.1, 0.15) is 29.8 Å². The smallest absolute Gasteiger partial charge is 0.411 e. The Labute approximate surface area is 197 Å². The second-order valence-electron chi connectivity index (χ2n) is 7.01. The van der Waals surface area contributed by atoms with Crippen molar-refractivity contribution in [3.8, 4) is 17.2 Å². The molecule has 3 aromatic rings. The van der Waals surface area contributed by atoms with Crippen LogP contribution in [-0.2, 0) is 4.74 Å². The van der Waals surface area contributed by atoms with Crippen LogP contribution in [0, 0.1) is 0 Å². The summed E-state index contributed by atoms with van der Waals surface area (Å²) in [5.41, 5.74) is 1.25. The number of ether oxygens (including phenoxy) is 3. The van der Waals surface area contributed by atoms with Gasteiger partial charge in [-0.15, -0.1) is 0 Å². The predicted molar refractivity (Wildman–Crippen MR) is 128 cm³/mol. The number of amides is 1. The Hall–Kier alpha value is -3.71. The lowest BCUT2D eigenvalue weighted by molar-refractivity contribution is 0.103. The Kier molecular flexibility index (Phi) is 9.57. The van der Waals surface area contributed by atoms with Crippen LogP contribution in [0.3, 0.4) is 0 Å². The summed E-state index contributed by atoms with van der Waals surface area (Å²) in [5, 5.41) is 13.1. The number of halogens is 1. The highest BCUT2D eigenvalue weighted by Gasteiger charge is 2.20. The number of carbonyl (C=O) groups is 2. The fourth-order valence-electron chi connectivity index (χ4n) is 2.74. The van der Waals surface area contributed by atoms with Gasteiger partial charge >= 0.3 is 6.09 Å². The van der Waals surface area contributed by atoms with Crippen molar-refractivity contribution in [2.45, 2.75) is 20.0 Å². The first-order chi connectivity index (χ1) is 15.7. The minimum Gasteiger partial charge on any atom is -0.507 e. The average molecular weight is 472 g/mol. The predicted octanol–water partition coefficient (Wildman–Crippen LogP) is 5.94. The minimum atomic E-state index is -0.470. The molecule has 0 aliphatic heterocycles. The molecule has 3 rings (SSSR count). The third-order valence-corrected chi connectivity index (χ3v) is 4.42. The van der Waals surface area contributed by atoms with E-state index in [2.05, 4.69) is 5.32 Å². The van der Waals surface area contributed by atoms with Gasteiger partial charge in [0.1, 0.15) is 22.8 Å². The molecule has 7 nitrogen and oxygen atoms in total. The van der Waals surface area contributed by atoms with Crippen molar-refractivity contribution in [1.82, 2.24) is 0 Å². The molecule has 0 radical (unpaired) electrons. The van der Waals surface area contributed by atoms with E-state index in [-0.39, 0.29) is 28.9 Å². The lowest BCUT2D eigenvalue weighted by Gasteiger charge is -2.11. The second-order valence-corrected chi connectivity index (χ2v) is 7.44. The molecule has 1 amide bonds. The van der Waals surface area contributed by atoms with Gasteiger partial charge in [0.15, 0.2) is 0 Å². The second kappa shape index (κ2) is 12.4. The molecular formula is C25H26ClNO6. The molecule has 0 aliphatic carbocycles. The molecule has 0 bridgehead atoms. The van der Waals surface area contributed by atoms with Gasteiger partial charge in [-0.2, -0.15) is 0 Å². The quantitative estimate of drug-likeness (QED) is 0.432. The fourth-order valence-corrected chi connectivity index (χ4v) is 2.94. The molecule has 0 heterocycles. The highest BCUT2D eigenvalue weighted by atomic mass is 35.5. The number of carbonyl (C=O) groups excluding carboxylic acids is 2. The van der Waals surface area contributed by atoms with Crippen molar-refractivity contribution in [2.75, 3.05) is 19.5 Å². The van der Waals surface area contributed by atoms with Crippen molar-refractivity contribution in [3.05, 3.63) is 82.9 Å². The van der Waals surface area contributed by atoms with E-state index in [9.17, 15) is 14.7 Å². The van der Waals surface area contributed by atoms with E-state index in [1.165, 1.54) is 20.3 Å². The molecule has 0 atom stereocenters. The number of anilines is 1. The van der Waals surface area contributed by atoms with E-state index < -0.39 is 6.09 Å². The maximum absolute atomic E-state index is 12.4.